The predicted octanol–water partition coefficient (Wildman–Crippen LogP) is 5.40. The van der Waals surface area contributed by atoms with Gasteiger partial charge in [-0.05, 0) is 57.7 Å². The van der Waals surface area contributed by atoms with Crippen LogP contribution in [0.15, 0.2) is 18.2 Å². The molecule has 0 aliphatic carbocycles. The van der Waals surface area contributed by atoms with Crippen molar-refractivity contribution in [3.63, 3.8) is 0 Å². The standard InChI is InChI=1S/C28H43NO10/c1-7-10-14-35-25(33)38-21-13-12-20(16-22(21)39-26(34)36-15-11-8-2)18-28(29,23(30)31)17-19(4)37-24(32)27(5,6)9-3/h12-13,16,19H,7-11,14-15,17-18,29H2,1-6H3,(H,30,31)/t19-,28+/m0/s1. The highest BCUT2D eigenvalue weighted by atomic mass is 16.7. The summed E-state index contributed by atoms with van der Waals surface area (Å²) in [5.74, 6) is -2.04. The molecule has 0 heterocycles. The number of rotatable bonds is 16. The number of carboxylic acids is 1. The number of carboxylic acid groups (broad SMARTS) is 1. The first kappa shape index (κ1) is 33.7. The van der Waals surface area contributed by atoms with E-state index < -0.39 is 41.3 Å². The van der Waals surface area contributed by atoms with Crippen molar-refractivity contribution in [2.75, 3.05) is 13.2 Å². The minimum atomic E-state index is -1.82. The van der Waals surface area contributed by atoms with Crippen LogP contribution in [-0.2, 0) is 30.2 Å². The third-order valence-electron chi connectivity index (χ3n) is 6.17. The fourth-order valence-electron chi connectivity index (χ4n) is 3.31. The molecule has 0 saturated carbocycles. The van der Waals surface area contributed by atoms with E-state index in [1.54, 1.807) is 20.8 Å². The van der Waals surface area contributed by atoms with E-state index in [0.29, 0.717) is 24.8 Å². The second kappa shape index (κ2) is 15.9. The maximum atomic E-state index is 12.4. The van der Waals surface area contributed by atoms with Crippen LogP contribution in [0.4, 0.5) is 9.59 Å². The fourth-order valence-corrected chi connectivity index (χ4v) is 3.31. The molecule has 1 aromatic carbocycles. The van der Waals surface area contributed by atoms with Crippen molar-refractivity contribution in [1.82, 2.24) is 0 Å². The van der Waals surface area contributed by atoms with E-state index in [2.05, 4.69) is 0 Å². The quantitative estimate of drug-likeness (QED) is 0.117. The Bertz CT molecular complexity index is 977. The Hall–Kier alpha value is -3.34. The number of ether oxygens (including phenoxy) is 5. The molecule has 39 heavy (non-hydrogen) atoms. The first-order chi connectivity index (χ1) is 18.3. The van der Waals surface area contributed by atoms with Crippen molar-refractivity contribution in [1.29, 1.82) is 0 Å². The normalized spacial score (nSPS) is 13.5. The van der Waals surface area contributed by atoms with Crippen molar-refractivity contribution in [3.8, 4) is 11.5 Å². The highest BCUT2D eigenvalue weighted by Crippen LogP contribution is 2.32. The van der Waals surface area contributed by atoms with E-state index in [1.807, 2.05) is 20.8 Å². The number of unbranched alkanes of at least 4 members (excludes halogenated alkanes) is 2. The van der Waals surface area contributed by atoms with E-state index in [9.17, 15) is 24.3 Å². The maximum Gasteiger partial charge on any atom is 0.513 e. The summed E-state index contributed by atoms with van der Waals surface area (Å²) >= 11 is 0. The monoisotopic (exact) mass is 553 g/mol. The van der Waals surface area contributed by atoms with E-state index in [-0.39, 0.29) is 37.6 Å². The molecule has 0 radical (unpaired) electrons. The van der Waals surface area contributed by atoms with Crippen LogP contribution in [0.25, 0.3) is 0 Å². The van der Waals surface area contributed by atoms with Gasteiger partial charge in [0.15, 0.2) is 11.5 Å². The number of hydrogen-bond donors (Lipinski definition) is 2. The highest BCUT2D eigenvalue weighted by molar-refractivity contribution is 5.79. The molecule has 1 aromatic rings. The number of benzene rings is 1. The predicted molar refractivity (Wildman–Crippen MR) is 143 cm³/mol. The average molecular weight is 554 g/mol. The highest BCUT2D eigenvalue weighted by Gasteiger charge is 2.38. The lowest BCUT2D eigenvalue weighted by molar-refractivity contribution is -0.161. The third-order valence-corrected chi connectivity index (χ3v) is 6.17. The molecule has 0 aliphatic heterocycles. The summed E-state index contributed by atoms with van der Waals surface area (Å²) in [4.78, 5) is 48.9. The van der Waals surface area contributed by atoms with E-state index in [1.165, 1.54) is 18.2 Å². The van der Waals surface area contributed by atoms with Gasteiger partial charge in [-0.3, -0.25) is 9.59 Å². The minimum absolute atomic E-state index is 0.116. The molecular weight excluding hydrogens is 510 g/mol. The largest absolute Gasteiger partial charge is 0.513 e. The summed E-state index contributed by atoms with van der Waals surface area (Å²) in [7, 11) is 0. The first-order valence-electron chi connectivity index (χ1n) is 13.3. The first-order valence-corrected chi connectivity index (χ1v) is 13.3. The van der Waals surface area contributed by atoms with Crippen LogP contribution < -0.4 is 15.2 Å². The van der Waals surface area contributed by atoms with Crippen LogP contribution in [0.1, 0.15) is 85.6 Å². The summed E-state index contributed by atoms with van der Waals surface area (Å²) in [6.45, 7) is 11.1. The van der Waals surface area contributed by atoms with Crippen LogP contribution in [0.3, 0.4) is 0 Å². The topological polar surface area (TPSA) is 161 Å². The molecule has 2 atom stereocenters. The Labute approximate surface area is 230 Å². The molecule has 0 saturated heterocycles. The second-order valence-electron chi connectivity index (χ2n) is 10.2. The Kier molecular flexibility index (Phi) is 13.8. The van der Waals surface area contributed by atoms with Gasteiger partial charge in [-0.25, -0.2) is 9.59 Å². The number of aliphatic carboxylic acids is 1. The van der Waals surface area contributed by atoms with Gasteiger partial charge in [0.2, 0.25) is 0 Å². The van der Waals surface area contributed by atoms with Crippen molar-refractivity contribution < 1.29 is 48.0 Å². The Morgan fingerprint density at radius 2 is 1.46 bits per heavy atom. The fraction of sp³-hybridized carbons (Fsp3) is 0.643. The van der Waals surface area contributed by atoms with E-state index in [0.717, 1.165) is 12.8 Å². The molecular formula is C28H43NO10. The van der Waals surface area contributed by atoms with Gasteiger partial charge >= 0.3 is 24.2 Å². The SMILES string of the molecule is CCCCOC(=O)Oc1ccc(C[C@](N)(C[C@H](C)OC(=O)C(C)(C)CC)C(=O)O)cc1OC(=O)OCCCC. The van der Waals surface area contributed by atoms with Gasteiger partial charge in [0.05, 0.1) is 18.6 Å². The molecule has 3 N–H and O–H groups in total. The van der Waals surface area contributed by atoms with Crippen LogP contribution in [0.5, 0.6) is 11.5 Å². The van der Waals surface area contributed by atoms with Crippen molar-refractivity contribution in [3.05, 3.63) is 23.8 Å². The summed E-state index contributed by atoms with van der Waals surface area (Å²) in [5, 5.41) is 9.94. The van der Waals surface area contributed by atoms with Crippen LogP contribution in [-0.4, -0.2) is 54.2 Å². The van der Waals surface area contributed by atoms with Gasteiger partial charge in [-0.15, -0.1) is 0 Å². The van der Waals surface area contributed by atoms with Crippen LogP contribution in [0.2, 0.25) is 0 Å². The molecule has 0 amide bonds. The van der Waals surface area contributed by atoms with Gasteiger partial charge in [0, 0.05) is 12.8 Å². The molecule has 0 spiro atoms. The van der Waals surface area contributed by atoms with Crippen molar-refractivity contribution in [2.45, 2.75) is 98.1 Å². The smallest absolute Gasteiger partial charge is 0.480 e. The molecule has 11 heteroatoms. The molecule has 0 fully saturated rings. The van der Waals surface area contributed by atoms with Gasteiger partial charge in [0.1, 0.15) is 11.6 Å². The van der Waals surface area contributed by atoms with E-state index in [4.69, 9.17) is 29.4 Å². The van der Waals surface area contributed by atoms with Crippen molar-refractivity contribution >= 4 is 24.2 Å². The Balaban J connectivity index is 3.16. The molecule has 0 aliphatic rings. The number of hydrogen-bond acceptors (Lipinski definition) is 10. The number of esters is 1. The number of carbonyl (C=O) groups excluding carboxylic acids is 3. The van der Waals surface area contributed by atoms with Crippen molar-refractivity contribution in [2.24, 2.45) is 11.1 Å². The maximum absolute atomic E-state index is 12.4. The zero-order valence-corrected chi connectivity index (χ0v) is 23.9. The van der Waals surface area contributed by atoms with Gasteiger partial charge in [-0.2, -0.15) is 0 Å². The number of nitrogens with two attached hydrogens (primary N) is 1. The van der Waals surface area contributed by atoms with Gasteiger partial charge < -0.3 is 34.5 Å². The minimum Gasteiger partial charge on any atom is -0.480 e. The van der Waals surface area contributed by atoms with Crippen LogP contribution >= 0.6 is 0 Å². The number of carbonyl (C=O) groups is 4. The zero-order valence-electron chi connectivity index (χ0n) is 23.9. The zero-order chi connectivity index (χ0) is 29.6. The third kappa shape index (κ3) is 11.5. The molecule has 0 aromatic heterocycles. The second-order valence-corrected chi connectivity index (χ2v) is 10.2. The Morgan fingerprint density at radius 1 is 0.923 bits per heavy atom. The summed E-state index contributed by atoms with van der Waals surface area (Å²) in [6, 6.07) is 4.18. The molecule has 11 nitrogen and oxygen atoms in total. The lowest BCUT2D eigenvalue weighted by Crippen LogP contribution is -2.52. The molecule has 1 rings (SSSR count). The average Bonchev–Trinajstić information content (AvgIpc) is 2.85. The lowest BCUT2D eigenvalue weighted by Gasteiger charge is -2.30. The molecule has 0 bridgehead atoms. The molecule has 0 unspecified atom stereocenters. The summed E-state index contributed by atoms with van der Waals surface area (Å²) in [5.41, 5.74) is 4.11. The Morgan fingerprint density at radius 3 is 1.95 bits per heavy atom. The van der Waals surface area contributed by atoms with E-state index >= 15 is 0 Å². The molecule has 220 valence electrons. The van der Waals surface area contributed by atoms with Crippen LogP contribution in [0, 0.1) is 5.41 Å². The van der Waals surface area contributed by atoms with Gasteiger partial charge in [0.25, 0.3) is 0 Å². The summed E-state index contributed by atoms with van der Waals surface area (Å²) in [6.07, 6.45) is 0.300. The van der Waals surface area contributed by atoms with Gasteiger partial charge in [-0.1, -0.05) is 39.7 Å². The lowest BCUT2D eigenvalue weighted by atomic mass is 9.86. The summed E-state index contributed by atoms with van der Waals surface area (Å²) < 4.78 is 26.0.